The molecule has 0 bridgehead atoms. The van der Waals surface area contributed by atoms with E-state index in [1.807, 2.05) is 23.1 Å². The van der Waals surface area contributed by atoms with Crippen molar-refractivity contribution in [3.05, 3.63) is 35.9 Å². The molecule has 1 aliphatic carbocycles. The molecule has 2 N–H and O–H groups in total. The van der Waals surface area contributed by atoms with Crippen LogP contribution in [-0.2, 0) is 11.3 Å². The highest BCUT2D eigenvalue weighted by atomic mass is 32.1. The SMILES string of the molecule is NC(=S)CCN(Cc1ccccc1)C(=O)C1CCCCC1. The summed E-state index contributed by atoms with van der Waals surface area (Å²) in [5, 5.41) is 0. The van der Waals surface area contributed by atoms with Crippen molar-refractivity contribution in [3.63, 3.8) is 0 Å². The van der Waals surface area contributed by atoms with E-state index >= 15 is 0 Å². The molecule has 0 spiro atoms. The third-order valence-corrected chi connectivity index (χ3v) is 4.31. The lowest BCUT2D eigenvalue weighted by Gasteiger charge is -2.29. The minimum Gasteiger partial charge on any atom is -0.393 e. The zero-order valence-electron chi connectivity index (χ0n) is 12.5. The van der Waals surface area contributed by atoms with E-state index in [0.717, 1.165) is 18.4 Å². The summed E-state index contributed by atoms with van der Waals surface area (Å²) < 4.78 is 0. The van der Waals surface area contributed by atoms with Gasteiger partial charge in [-0.25, -0.2) is 0 Å². The fourth-order valence-electron chi connectivity index (χ4n) is 2.92. The Morgan fingerprint density at radius 2 is 1.86 bits per heavy atom. The molecule has 3 nitrogen and oxygen atoms in total. The van der Waals surface area contributed by atoms with Gasteiger partial charge >= 0.3 is 0 Å². The van der Waals surface area contributed by atoms with Crippen LogP contribution in [0, 0.1) is 5.92 Å². The number of hydrogen-bond acceptors (Lipinski definition) is 2. The van der Waals surface area contributed by atoms with Crippen LogP contribution >= 0.6 is 12.2 Å². The van der Waals surface area contributed by atoms with Gasteiger partial charge in [-0.05, 0) is 18.4 Å². The molecule has 0 aliphatic heterocycles. The van der Waals surface area contributed by atoms with Crippen LogP contribution in [0.2, 0.25) is 0 Å². The molecular formula is C17H24N2OS. The maximum atomic E-state index is 12.8. The summed E-state index contributed by atoms with van der Waals surface area (Å²) in [4.78, 5) is 15.2. The zero-order chi connectivity index (χ0) is 15.1. The number of nitrogens with zero attached hydrogens (tertiary/aromatic N) is 1. The lowest BCUT2D eigenvalue weighted by Crippen LogP contribution is -2.38. The number of rotatable bonds is 6. The molecule has 0 heterocycles. The van der Waals surface area contributed by atoms with Crippen LogP contribution in [0.4, 0.5) is 0 Å². The number of thiocarbonyl (C=S) groups is 1. The van der Waals surface area contributed by atoms with Gasteiger partial charge in [0.2, 0.25) is 5.91 Å². The standard InChI is InChI=1S/C17H24N2OS/c18-16(21)11-12-19(13-14-7-3-1-4-8-14)17(20)15-9-5-2-6-10-15/h1,3-4,7-8,15H,2,5-6,9-13H2,(H2,18,21). The Morgan fingerprint density at radius 3 is 2.48 bits per heavy atom. The quantitative estimate of drug-likeness (QED) is 0.821. The molecule has 21 heavy (non-hydrogen) atoms. The second-order valence-electron chi connectivity index (χ2n) is 5.80. The summed E-state index contributed by atoms with van der Waals surface area (Å²) in [5.74, 6) is 0.462. The number of nitrogens with two attached hydrogens (primary N) is 1. The van der Waals surface area contributed by atoms with E-state index < -0.39 is 0 Å². The van der Waals surface area contributed by atoms with Crippen molar-refractivity contribution in [3.8, 4) is 0 Å². The molecule has 2 rings (SSSR count). The van der Waals surface area contributed by atoms with E-state index in [1.165, 1.54) is 19.3 Å². The molecule has 1 saturated carbocycles. The van der Waals surface area contributed by atoms with Crippen molar-refractivity contribution in [1.29, 1.82) is 0 Å². The van der Waals surface area contributed by atoms with Crippen LogP contribution in [0.5, 0.6) is 0 Å². The lowest BCUT2D eigenvalue weighted by atomic mass is 9.88. The molecular weight excluding hydrogens is 280 g/mol. The predicted molar refractivity (Wildman–Crippen MR) is 89.8 cm³/mol. The van der Waals surface area contributed by atoms with Crippen LogP contribution in [0.3, 0.4) is 0 Å². The number of carbonyl (C=O) groups excluding carboxylic acids is 1. The van der Waals surface area contributed by atoms with Gasteiger partial charge in [-0.15, -0.1) is 0 Å². The van der Waals surface area contributed by atoms with E-state index in [1.54, 1.807) is 0 Å². The Kier molecular flexibility index (Phi) is 6.18. The van der Waals surface area contributed by atoms with E-state index in [0.29, 0.717) is 24.5 Å². The summed E-state index contributed by atoms with van der Waals surface area (Å²) in [5.41, 5.74) is 6.76. The number of benzene rings is 1. The topological polar surface area (TPSA) is 46.3 Å². The summed E-state index contributed by atoms with van der Waals surface area (Å²) in [6.07, 6.45) is 6.25. The van der Waals surface area contributed by atoms with Gasteiger partial charge in [-0.3, -0.25) is 4.79 Å². The molecule has 0 radical (unpaired) electrons. The second-order valence-corrected chi connectivity index (χ2v) is 6.32. The van der Waals surface area contributed by atoms with E-state index in [-0.39, 0.29) is 11.8 Å². The maximum absolute atomic E-state index is 12.8. The summed E-state index contributed by atoms with van der Waals surface area (Å²) >= 11 is 4.96. The van der Waals surface area contributed by atoms with E-state index in [4.69, 9.17) is 18.0 Å². The smallest absolute Gasteiger partial charge is 0.225 e. The minimum atomic E-state index is 0.189. The highest BCUT2D eigenvalue weighted by molar-refractivity contribution is 7.80. The first kappa shape index (κ1) is 16.0. The second kappa shape index (κ2) is 8.13. The van der Waals surface area contributed by atoms with Gasteiger partial charge in [-0.1, -0.05) is 61.8 Å². The first-order chi connectivity index (χ1) is 10.2. The number of hydrogen-bond donors (Lipinski definition) is 1. The van der Waals surface area contributed by atoms with Gasteiger partial charge in [0.25, 0.3) is 0 Å². The molecule has 1 aliphatic rings. The van der Waals surface area contributed by atoms with Gasteiger partial charge < -0.3 is 10.6 Å². The first-order valence-corrected chi connectivity index (χ1v) is 8.18. The Balaban J connectivity index is 2.03. The normalized spacial score (nSPS) is 15.6. The molecule has 1 aromatic rings. The predicted octanol–water partition coefficient (Wildman–Crippen LogP) is 3.27. The molecule has 0 aromatic heterocycles. The van der Waals surface area contributed by atoms with Crippen LogP contribution in [0.25, 0.3) is 0 Å². The van der Waals surface area contributed by atoms with Gasteiger partial charge in [0.1, 0.15) is 0 Å². The highest BCUT2D eigenvalue weighted by Gasteiger charge is 2.25. The van der Waals surface area contributed by atoms with Crippen molar-refractivity contribution in [2.24, 2.45) is 11.7 Å². The average Bonchev–Trinajstić information content (AvgIpc) is 2.52. The molecule has 1 aromatic carbocycles. The van der Waals surface area contributed by atoms with Crippen LogP contribution in [0.15, 0.2) is 30.3 Å². The van der Waals surface area contributed by atoms with Crippen molar-refractivity contribution >= 4 is 23.1 Å². The molecule has 0 atom stereocenters. The van der Waals surface area contributed by atoms with Crippen LogP contribution in [0.1, 0.15) is 44.1 Å². The largest absolute Gasteiger partial charge is 0.393 e. The van der Waals surface area contributed by atoms with Gasteiger partial charge in [0.15, 0.2) is 0 Å². The van der Waals surface area contributed by atoms with Crippen molar-refractivity contribution in [1.82, 2.24) is 4.90 Å². The fraction of sp³-hybridized carbons (Fsp3) is 0.529. The maximum Gasteiger partial charge on any atom is 0.225 e. The van der Waals surface area contributed by atoms with E-state index in [9.17, 15) is 4.79 Å². The highest BCUT2D eigenvalue weighted by Crippen LogP contribution is 2.26. The number of amides is 1. The summed E-state index contributed by atoms with van der Waals surface area (Å²) in [6, 6.07) is 10.1. The Bertz CT molecular complexity index is 469. The number of carbonyl (C=O) groups is 1. The Labute approximate surface area is 132 Å². The van der Waals surface area contributed by atoms with Crippen LogP contribution in [-0.4, -0.2) is 22.3 Å². The Morgan fingerprint density at radius 1 is 1.19 bits per heavy atom. The molecule has 4 heteroatoms. The van der Waals surface area contributed by atoms with Crippen molar-refractivity contribution in [2.45, 2.75) is 45.1 Å². The lowest BCUT2D eigenvalue weighted by molar-refractivity contribution is -0.137. The van der Waals surface area contributed by atoms with E-state index in [2.05, 4.69) is 12.1 Å². The monoisotopic (exact) mass is 304 g/mol. The zero-order valence-corrected chi connectivity index (χ0v) is 13.3. The first-order valence-electron chi connectivity index (χ1n) is 7.78. The van der Waals surface area contributed by atoms with Crippen LogP contribution < -0.4 is 5.73 Å². The summed E-state index contributed by atoms with van der Waals surface area (Å²) in [7, 11) is 0. The van der Waals surface area contributed by atoms with Crippen molar-refractivity contribution < 1.29 is 4.79 Å². The Hall–Kier alpha value is -1.42. The van der Waals surface area contributed by atoms with Crippen molar-refractivity contribution in [2.75, 3.05) is 6.54 Å². The fourth-order valence-corrected chi connectivity index (χ4v) is 3.02. The minimum absolute atomic E-state index is 0.189. The van der Waals surface area contributed by atoms with Gasteiger partial charge in [-0.2, -0.15) is 0 Å². The molecule has 114 valence electrons. The third-order valence-electron chi connectivity index (χ3n) is 4.11. The molecule has 0 saturated heterocycles. The average molecular weight is 304 g/mol. The molecule has 0 unspecified atom stereocenters. The molecule has 1 fully saturated rings. The van der Waals surface area contributed by atoms with Gasteiger partial charge in [0, 0.05) is 25.4 Å². The molecule has 1 amide bonds. The van der Waals surface area contributed by atoms with Gasteiger partial charge in [0.05, 0.1) is 4.99 Å². The summed E-state index contributed by atoms with van der Waals surface area (Å²) in [6.45, 7) is 1.28. The third kappa shape index (κ3) is 5.12.